The lowest BCUT2D eigenvalue weighted by Gasteiger charge is -2.32. The molecule has 25 heavy (non-hydrogen) atoms. The summed E-state index contributed by atoms with van der Waals surface area (Å²) in [5, 5.41) is 0. The number of alkyl halides is 1. The molecule has 2 aromatic rings. The van der Waals surface area contributed by atoms with Crippen molar-refractivity contribution in [2.75, 3.05) is 6.16 Å². The predicted octanol–water partition coefficient (Wildman–Crippen LogP) is 5.65. The SMILES string of the molecule is O=C1c2ccc(C3(F)CC3)c(F)c2C2(CC2)CP1Cc1ccccc1. The lowest BCUT2D eigenvalue weighted by Crippen LogP contribution is -2.27. The van der Waals surface area contributed by atoms with Gasteiger partial charge in [0.1, 0.15) is 11.5 Å². The van der Waals surface area contributed by atoms with Gasteiger partial charge in [0.05, 0.1) is 0 Å². The first kappa shape index (κ1) is 15.6. The van der Waals surface area contributed by atoms with Crippen molar-refractivity contribution in [3.05, 3.63) is 70.5 Å². The Balaban J connectivity index is 1.56. The third kappa shape index (κ3) is 2.39. The van der Waals surface area contributed by atoms with E-state index in [9.17, 15) is 9.18 Å². The molecule has 1 nitrogen and oxygen atoms in total. The summed E-state index contributed by atoms with van der Waals surface area (Å²) in [5.41, 5.74) is 0.778. The minimum Gasteiger partial charge on any atom is -0.289 e. The van der Waals surface area contributed by atoms with Crippen LogP contribution >= 0.6 is 7.92 Å². The molecule has 0 bridgehead atoms. The van der Waals surface area contributed by atoms with Gasteiger partial charge in [-0.15, -0.1) is 0 Å². The Morgan fingerprint density at radius 2 is 1.72 bits per heavy atom. The Kier molecular flexibility index (Phi) is 3.26. The molecule has 1 spiro atoms. The van der Waals surface area contributed by atoms with Crippen LogP contribution in [0.15, 0.2) is 42.5 Å². The van der Waals surface area contributed by atoms with Crippen molar-refractivity contribution in [2.45, 2.75) is 42.9 Å². The molecule has 0 saturated heterocycles. The van der Waals surface area contributed by atoms with E-state index in [-0.39, 0.29) is 16.5 Å². The molecule has 128 valence electrons. The van der Waals surface area contributed by atoms with E-state index in [0.29, 0.717) is 24.0 Å². The smallest absolute Gasteiger partial charge is 0.184 e. The summed E-state index contributed by atoms with van der Waals surface area (Å²) in [7, 11) is -0.855. The zero-order chi connectivity index (χ0) is 17.2. The van der Waals surface area contributed by atoms with Gasteiger partial charge in [-0.05, 0) is 51.5 Å². The van der Waals surface area contributed by atoms with E-state index in [0.717, 1.165) is 25.2 Å². The largest absolute Gasteiger partial charge is 0.289 e. The third-order valence-corrected chi connectivity index (χ3v) is 8.47. The summed E-state index contributed by atoms with van der Waals surface area (Å²) in [4.78, 5) is 13.0. The van der Waals surface area contributed by atoms with Crippen molar-refractivity contribution >= 4 is 13.4 Å². The molecule has 2 saturated carbocycles. The van der Waals surface area contributed by atoms with Gasteiger partial charge in [-0.1, -0.05) is 42.5 Å². The van der Waals surface area contributed by atoms with Crippen LogP contribution in [0.25, 0.3) is 0 Å². The molecule has 1 aliphatic heterocycles. The number of hydrogen-bond donors (Lipinski definition) is 0. The highest BCUT2D eigenvalue weighted by Gasteiger charge is 2.56. The van der Waals surface area contributed by atoms with Crippen LogP contribution in [0.1, 0.15) is 52.7 Å². The first-order chi connectivity index (χ1) is 12.0. The van der Waals surface area contributed by atoms with E-state index in [4.69, 9.17) is 0 Å². The summed E-state index contributed by atoms with van der Waals surface area (Å²) in [6.45, 7) is 0. The highest BCUT2D eigenvalue weighted by Crippen LogP contribution is 2.64. The van der Waals surface area contributed by atoms with Crippen molar-refractivity contribution in [1.29, 1.82) is 0 Å². The van der Waals surface area contributed by atoms with E-state index in [1.807, 2.05) is 30.3 Å². The minimum atomic E-state index is -1.50. The molecule has 0 aromatic heterocycles. The summed E-state index contributed by atoms with van der Waals surface area (Å²) >= 11 is 0. The van der Waals surface area contributed by atoms with Crippen LogP contribution in [-0.4, -0.2) is 11.7 Å². The lowest BCUT2D eigenvalue weighted by atomic mass is 9.88. The molecular formula is C21H19F2OP. The average Bonchev–Trinajstić information content (AvgIpc) is 3.53. The Hall–Kier alpha value is -1.60. The fourth-order valence-corrected chi connectivity index (χ4v) is 6.96. The van der Waals surface area contributed by atoms with Gasteiger partial charge in [-0.2, -0.15) is 0 Å². The lowest BCUT2D eigenvalue weighted by molar-refractivity contribution is 0.107. The highest BCUT2D eigenvalue weighted by molar-refractivity contribution is 7.75. The quantitative estimate of drug-likeness (QED) is 0.649. The van der Waals surface area contributed by atoms with Crippen LogP contribution in [0.5, 0.6) is 0 Å². The number of benzene rings is 2. The fourth-order valence-electron chi connectivity index (χ4n) is 4.17. The zero-order valence-electron chi connectivity index (χ0n) is 13.9. The van der Waals surface area contributed by atoms with Crippen molar-refractivity contribution in [1.82, 2.24) is 0 Å². The standard InChI is InChI=1S/C21H19F2OP/c22-18-16(21(23)10-11-21)7-6-15-17(18)20(8-9-20)13-25(19(15)24)12-14-4-2-1-3-5-14/h1-7H,8-13H2. The summed E-state index contributed by atoms with van der Waals surface area (Å²) < 4.78 is 29.6. The zero-order valence-corrected chi connectivity index (χ0v) is 14.8. The van der Waals surface area contributed by atoms with Gasteiger partial charge in [0.25, 0.3) is 0 Å². The van der Waals surface area contributed by atoms with Crippen LogP contribution in [-0.2, 0) is 17.2 Å². The molecule has 1 heterocycles. The maximum absolute atomic E-state index is 15.2. The van der Waals surface area contributed by atoms with Gasteiger partial charge in [0.2, 0.25) is 0 Å². The summed E-state index contributed by atoms with van der Waals surface area (Å²) in [6, 6.07) is 13.3. The van der Waals surface area contributed by atoms with Crippen LogP contribution in [0.2, 0.25) is 0 Å². The van der Waals surface area contributed by atoms with Gasteiger partial charge in [-0.25, -0.2) is 8.78 Å². The van der Waals surface area contributed by atoms with Crippen molar-refractivity contribution in [3.8, 4) is 0 Å². The van der Waals surface area contributed by atoms with Crippen molar-refractivity contribution < 1.29 is 13.6 Å². The Bertz CT molecular complexity index is 869. The van der Waals surface area contributed by atoms with E-state index >= 15 is 4.39 Å². The van der Waals surface area contributed by atoms with Crippen molar-refractivity contribution in [2.24, 2.45) is 0 Å². The molecule has 5 rings (SSSR count). The summed E-state index contributed by atoms with van der Waals surface area (Å²) in [5.74, 6) is -0.433. The monoisotopic (exact) mass is 356 g/mol. The second kappa shape index (κ2) is 5.20. The van der Waals surface area contributed by atoms with Crippen LogP contribution in [0, 0.1) is 5.82 Å². The van der Waals surface area contributed by atoms with Crippen molar-refractivity contribution in [3.63, 3.8) is 0 Å². The molecule has 3 aliphatic rings. The second-order valence-corrected chi connectivity index (χ2v) is 9.86. The predicted molar refractivity (Wildman–Crippen MR) is 95.6 cm³/mol. The molecular weight excluding hydrogens is 337 g/mol. The normalized spacial score (nSPS) is 24.9. The Morgan fingerprint density at radius 1 is 1.00 bits per heavy atom. The Morgan fingerprint density at radius 3 is 2.36 bits per heavy atom. The average molecular weight is 356 g/mol. The second-order valence-electron chi connectivity index (χ2n) is 7.74. The van der Waals surface area contributed by atoms with E-state index in [2.05, 4.69) is 0 Å². The fraction of sp³-hybridized carbons (Fsp3) is 0.381. The maximum Gasteiger partial charge on any atom is 0.184 e. The molecule has 0 radical (unpaired) electrons. The molecule has 1 atom stereocenters. The topological polar surface area (TPSA) is 17.1 Å². The first-order valence-corrected chi connectivity index (χ1v) is 10.6. The number of carbonyl (C=O) groups is 1. The Labute approximate surface area is 147 Å². The molecule has 0 N–H and O–H groups in total. The molecule has 1 unspecified atom stereocenters. The van der Waals surface area contributed by atoms with Gasteiger partial charge in [-0.3, -0.25) is 4.79 Å². The number of fused-ring (bicyclic) bond motifs is 2. The minimum absolute atomic E-state index is 0.0838. The van der Waals surface area contributed by atoms with Gasteiger partial charge < -0.3 is 0 Å². The maximum atomic E-state index is 15.2. The van der Waals surface area contributed by atoms with Gasteiger partial charge in [0, 0.05) is 22.1 Å². The van der Waals surface area contributed by atoms with Gasteiger partial charge >= 0.3 is 0 Å². The summed E-state index contributed by atoms with van der Waals surface area (Å²) in [6.07, 6.45) is 4.13. The first-order valence-electron chi connectivity index (χ1n) is 8.88. The highest BCUT2D eigenvalue weighted by atomic mass is 31.1. The number of hydrogen-bond acceptors (Lipinski definition) is 1. The van der Waals surface area contributed by atoms with Crippen LogP contribution in [0.3, 0.4) is 0 Å². The van der Waals surface area contributed by atoms with Crippen LogP contribution in [0.4, 0.5) is 8.78 Å². The van der Waals surface area contributed by atoms with E-state index in [1.165, 1.54) is 11.6 Å². The molecule has 0 amide bonds. The number of halogens is 2. The van der Waals surface area contributed by atoms with Crippen LogP contribution < -0.4 is 0 Å². The molecule has 4 heteroatoms. The molecule has 2 aromatic carbocycles. The third-order valence-electron chi connectivity index (χ3n) is 5.92. The van der Waals surface area contributed by atoms with E-state index in [1.54, 1.807) is 6.07 Å². The molecule has 2 fully saturated rings. The van der Waals surface area contributed by atoms with Gasteiger partial charge in [0.15, 0.2) is 5.52 Å². The number of rotatable bonds is 3. The number of carbonyl (C=O) groups excluding carboxylic acids is 1. The molecule has 2 aliphatic carbocycles. The van der Waals surface area contributed by atoms with E-state index < -0.39 is 19.4 Å².